The molecule has 0 bridgehead atoms. The van der Waals surface area contributed by atoms with E-state index in [9.17, 15) is 19.5 Å². The van der Waals surface area contributed by atoms with E-state index in [2.05, 4.69) is 4.90 Å². The van der Waals surface area contributed by atoms with E-state index >= 15 is 0 Å². The van der Waals surface area contributed by atoms with Gasteiger partial charge in [-0.25, -0.2) is 0 Å². The molecule has 226 valence electrons. The van der Waals surface area contributed by atoms with Crippen LogP contribution in [0.2, 0.25) is 0 Å². The topological polar surface area (TPSA) is 103 Å². The van der Waals surface area contributed by atoms with Crippen molar-refractivity contribution >= 4 is 17.7 Å². The van der Waals surface area contributed by atoms with Gasteiger partial charge in [-0.15, -0.1) is 0 Å². The summed E-state index contributed by atoms with van der Waals surface area (Å²) >= 11 is 0. The molecule has 10 nitrogen and oxygen atoms in total. The lowest BCUT2D eigenvalue weighted by Crippen LogP contribution is -2.57. The van der Waals surface area contributed by atoms with Gasteiger partial charge in [0.15, 0.2) is 0 Å². The fourth-order valence-electron chi connectivity index (χ4n) is 7.68. The van der Waals surface area contributed by atoms with Crippen LogP contribution in [0.3, 0.4) is 0 Å². The fraction of sp³-hybridized carbons (Fsp3) is 0.594. The number of carbonyl (C=O) groups excluding carboxylic acids is 3. The molecule has 5 aliphatic heterocycles. The highest BCUT2D eigenvalue weighted by atomic mass is 16.5. The van der Waals surface area contributed by atoms with Crippen LogP contribution in [-0.4, -0.2) is 125 Å². The van der Waals surface area contributed by atoms with Crippen LogP contribution in [0.1, 0.15) is 31.9 Å². The minimum absolute atomic E-state index is 0.130. The number of ether oxygens (including phenoxy) is 2. The van der Waals surface area contributed by atoms with Crippen molar-refractivity contribution in [1.82, 2.24) is 19.6 Å². The lowest BCUT2D eigenvalue weighted by Gasteiger charge is -2.40. The molecule has 1 spiro atoms. The van der Waals surface area contributed by atoms with Gasteiger partial charge in [0.05, 0.1) is 43.3 Å². The van der Waals surface area contributed by atoms with Crippen molar-refractivity contribution in [1.29, 1.82) is 0 Å². The first-order valence-corrected chi connectivity index (χ1v) is 15.3. The summed E-state index contributed by atoms with van der Waals surface area (Å²) in [6, 6.07) is 7.51. The second kappa shape index (κ2) is 11.6. The van der Waals surface area contributed by atoms with Crippen molar-refractivity contribution in [3.63, 3.8) is 0 Å². The lowest BCUT2D eigenvalue weighted by molar-refractivity contribution is -0.156. The van der Waals surface area contributed by atoms with Crippen LogP contribution in [0, 0.1) is 11.8 Å². The Labute approximate surface area is 247 Å². The second-order valence-electron chi connectivity index (χ2n) is 12.2. The van der Waals surface area contributed by atoms with Gasteiger partial charge in [0.25, 0.3) is 0 Å². The average Bonchev–Trinajstić information content (AvgIpc) is 3.27. The van der Waals surface area contributed by atoms with Crippen molar-refractivity contribution in [2.45, 2.75) is 43.6 Å². The third-order valence-corrected chi connectivity index (χ3v) is 9.64. The molecular formula is C32H42N4O6. The number of nitrogens with zero attached hydrogens (tertiary/aromatic N) is 4. The highest BCUT2D eigenvalue weighted by Crippen LogP contribution is 2.58. The zero-order valence-corrected chi connectivity index (χ0v) is 24.6. The molecule has 3 amide bonds. The Kier molecular flexibility index (Phi) is 7.99. The highest BCUT2D eigenvalue weighted by Gasteiger charge is 2.75. The van der Waals surface area contributed by atoms with Crippen molar-refractivity contribution in [3.05, 3.63) is 60.2 Å². The van der Waals surface area contributed by atoms with E-state index in [4.69, 9.17) is 9.47 Å². The Bertz CT molecular complexity index is 1250. The molecule has 5 heterocycles. The molecule has 10 heteroatoms. The molecule has 0 saturated carbocycles. The molecule has 0 aromatic heterocycles. The molecule has 6 atom stereocenters. The predicted octanol–water partition coefficient (Wildman–Crippen LogP) is 1.23. The number of amides is 3. The van der Waals surface area contributed by atoms with Crippen LogP contribution in [0.15, 0.2) is 54.6 Å². The summed E-state index contributed by atoms with van der Waals surface area (Å²) < 4.78 is 12.4. The first-order valence-electron chi connectivity index (χ1n) is 15.3. The Hall–Kier alpha value is -3.05. The fourth-order valence-corrected chi connectivity index (χ4v) is 7.68. The van der Waals surface area contributed by atoms with Crippen molar-refractivity contribution in [2.24, 2.45) is 11.8 Å². The molecule has 5 aliphatic rings. The molecule has 6 rings (SSSR count). The van der Waals surface area contributed by atoms with E-state index < -0.39 is 35.1 Å². The number of aliphatic hydroxyl groups excluding tert-OH is 1. The van der Waals surface area contributed by atoms with Gasteiger partial charge < -0.3 is 29.3 Å². The molecule has 42 heavy (non-hydrogen) atoms. The maximum Gasteiger partial charge on any atom is 0.249 e. The van der Waals surface area contributed by atoms with Crippen LogP contribution in [-0.2, 0) is 23.9 Å². The largest absolute Gasteiger partial charge is 0.394 e. The maximum atomic E-state index is 14.7. The molecule has 0 radical (unpaired) electrons. The normalized spacial score (nSPS) is 33.8. The minimum atomic E-state index is -1.35. The summed E-state index contributed by atoms with van der Waals surface area (Å²) in [7, 11) is 0. The smallest absolute Gasteiger partial charge is 0.249 e. The zero-order valence-electron chi connectivity index (χ0n) is 24.6. The summed E-state index contributed by atoms with van der Waals surface area (Å²) in [5, 5.41) is 10.7. The molecule has 0 aliphatic carbocycles. The molecular weight excluding hydrogens is 536 g/mol. The number of morpholine rings is 1. The van der Waals surface area contributed by atoms with Crippen LogP contribution < -0.4 is 0 Å². The second-order valence-corrected chi connectivity index (χ2v) is 12.2. The van der Waals surface area contributed by atoms with Gasteiger partial charge in [-0.3, -0.25) is 19.3 Å². The number of carbonyl (C=O) groups is 3. The summed E-state index contributed by atoms with van der Waals surface area (Å²) in [6.07, 6.45) is 8.44. The third-order valence-electron chi connectivity index (χ3n) is 9.64. The Morgan fingerprint density at radius 2 is 1.60 bits per heavy atom. The number of rotatable bonds is 8. The van der Waals surface area contributed by atoms with E-state index in [1.807, 2.05) is 68.5 Å². The SMILES string of the molecule is CCCN1CC=C[C@]2(C)O[C@]34C=CCN(CCN5CCOCC5)C(=O)C3N([C@H](CO)c3ccccc3)C(=O)[C@@H]4[C@@H]2C1=O. The summed E-state index contributed by atoms with van der Waals surface area (Å²) in [5.74, 6) is -2.38. The standard InChI is InChI=1S/C32H42N4O6/c1-3-13-34-14-7-11-31(2)25(28(34)38)26-29(39)36(24(22-37)23-9-5-4-6-10-23)27-30(40)35(15-8-12-32(26,27)42-31)17-16-33-18-20-41-21-19-33/h4-12,24-27,37H,3,13-22H2,1-2H3/t24-,25-,26+,27?,31+,32+/m1/s1. The van der Waals surface area contributed by atoms with Crippen LogP contribution in [0.5, 0.6) is 0 Å². The summed E-state index contributed by atoms with van der Waals surface area (Å²) in [5.41, 5.74) is -1.68. The van der Waals surface area contributed by atoms with E-state index in [1.165, 1.54) is 4.90 Å². The number of fused-ring (bicyclic) bond motifs is 2. The Morgan fingerprint density at radius 3 is 2.29 bits per heavy atom. The Balaban J connectivity index is 1.43. The monoisotopic (exact) mass is 578 g/mol. The number of hydrogen-bond donors (Lipinski definition) is 1. The quantitative estimate of drug-likeness (QED) is 0.463. The predicted molar refractivity (Wildman–Crippen MR) is 155 cm³/mol. The number of benzene rings is 1. The minimum Gasteiger partial charge on any atom is -0.394 e. The van der Waals surface area contributed by atoms with E-state index in [0.717, 1.165) is 25.1 Å². The molecule has 3 saturated heterocycles. The van der Waals surface area contributed by atoms with Gasteiger partial charge in [-0.1, -0.05) is 61.6 Å². The number of hydrogen-bond acceptors (Lipinski definition) is 7. The van der Waals surface area contributed by atoms with Gasteiger partial charge in [0, 0.05) is 45.8 Å². The van der Waals surface area contributed by atoms with Crippen molar-refractivity contribution < 1.29 is 29.0 Å². The van der Waals surface area contributed by atoms with Crippen LogP contribution in [0.25, 0.3) is 0 Å². The van der Waals surface area contributed by atoms with Gasteiger partial charge in [0.2, 0.25) is 17.7 Å². The van der Waals surface area contributed by atoms with Gasteiger partial charge in [0.1, 0.15) is 11.6 Å². The maximum absolute atomic E-state index is 14.7. The zero-order chi connectivity index (χ0) is 29.5. The third kappa shape index (κ3) is 4.69. The van der Waals surface area contributed by atoms with Crippen LogP contribution >= 0.6 is 0 Å². The highest BCUT2D eigenvalue weighted by molar-refractivity contribution is 6.00. The van der Waals surface area contributed by atoms with Gasteiger partial charge in [-0.05, 0) is 18.9 Å². The van der Waals surface area contributed by atoms with E-state index in [0.29, 0.717) is 45.9 Å². The molecule has 1 unspecified atom stereocenters. The molecule has 1 aromatic carbocycles. The molecule has 3 fully saturated rings. The molecule has 1 aromatic rings. The Morgan fingerprint density at radius 1 is 0.905 bits per heavy atom. The average molecular weight is 579 g/mol. The van der Waals surface area contributed by atoms with Gasteiger partial charge in [-0.2, -0.15) is 0 Å². The summed E-state index contributed by atoms with van der Waals surface area (Å²) in [6.45, 7) is 9.07. The first-order chi connectivity index (χ1) is 20.3. The summed E-state index contributed by atoms with van der Waals surface area (Å²) in [4.78, 5) is 50.9. The number of likely N-dealkylation sites (tertiary alicyclic amines) is 1. The van der Waals surface area contributed by atoms with E-state index in [1.54, 1.807) is 9.80 Å². The van der Waals surface area contributed by atoms with Crippen LogP contribution in [0.4, 0.5) is 0 Å². The van der Waals surface area contributed by atoms with Gasteiger partial charge >= 0.3 is 0 Å². The first kappa shape index (κ1) is 29.0. The number of aliphatic hydroxyl groups is 1. The molecule has 1 N–H and O–H groups in total. The van der Waals surface area contributed by atoms with Crippen molar-refractivity contribution in [3.8, 4) is 0 Å². The van der Waals surface area contributed by atoms with Crippen molar-refractivity contribution in [2.75, 3.05) is 65.6 Å². The lowest BCUT2D eigenvalue weighted by atomic mass is 9.74. The van der Waals surface area contributed by atoms with E-state index in [-0.39, 0.29) is 24.3 Å².